The second-order valence-corrected chi connectivity index (χ2v) is 5.93. The van der Waals surface area contributed by atoms with Crippen molar-refractivity contribution in [1.29, 1.82) is 0 Å². The predicted octanol–water partition coefficient (Wildman–Crippen LogP) is 1.77. The van der Waals surface area contributed by atoms with Crippen LogP contribution in [0.2, 0.25) is 0 Å². The third kappa shape index (κ3) is 4.04. The highest BCUT2D eigenvalue weighted by molar-refractivity contribution is 5.93. The van der Waals surface area contributed by atoms with Gasteiger partial charge in [-0.3, -0.25) is 14.9 Å². The van der Waals surface area contributed by atoms with Crippen LogP contribution in [0.3, 0.4) is 0 Å². The molecule has 21 heavy (non-hydrogen) atoms. The molecule has 0 aromatic carbocycles. The number of carbonyl (C=O) groups is 1. The summed E-state index contributed by atoms with van der Waals surface area (Å²) in [5, 5.41) is 14.1. The molecule has 7 nitrogen and oxygen atoms in total. The molecule has 1 aliphatic heterocycles. The summed E-state index contributed by atoms with van der Waals surface area (Å²) in [6, 6.07) is 1.62. The molecule has 1 aromatic rings. The van der Waals surface area contributed by atoms with E-state index in [0.29, 0.717) is 25.0 Å². The van der Waals surface area contributed by atoms with Crippen molar-refractivity contribution in [3.8, 4) is 0 Å². The lowest BCUT2D eigenvalue weighted by atomic mass is 10.1. The van der Waals surface area contributed by atoms with Gasteiger partial charge in [0, 0.05) is 25.2 Å². The van der Waals surface area contributed by atoms with Gasteiger partial charge in [-0.15, -0.1) is 0 Å². The molecule has 1 aliphatic rings. The fourth-order valence-corrected chi connectivity index (χ4v) is 2.64. The van der Waals surface area contributed by atoms with Crippen LogP contribution < -0.4 is 5.32 Å². The van der Waals surface area contributed by atoms with Gasteiger partial charge in [0.2, 0.25) is 0 Å². The van der Waals surface area contributed by atoms with Gasteiger partial charge in [0.15, 0.2) is 0 Å². The van der Waals surface area contributed by atoms with Crippen LogP contribution in [0.15, 0.2) is 12.3 Å². The number of aromatic amines is 1. The molecule has 2 rings (SSSR count). The highest BCUT2D eigenvalue weighted by Gasteiger charge is 2.25. The van der Waals surface area contributed by atoms with Crippen LogP contribution in [0.4, 0.5) is 5.69 Å². The van der Waals surface area contributed by atoms with E-state index in [2.05, 4.69) is 24.1 Å². The number of nitro groups is 1. The second kappa shape index (κ2) is 6.71. The number of nitrogens with zero attached hydrogens (tertiary/aromatic N) is 2. The van der Waals surface area contributed by atoms with Gasteiger partial charge < -0.3 is 15.2 Å². The number of hydrogen-bond donors (Lipinski definition) is 2. The summed E-state index contributed by atoms with van der Waals surface area (Å²) >= 11 is 0. The van der Waals surface area contributed by atoms with Gasteiger partial charge in [-0.25, -0.2) is 0 Å². The molecule has 1 unspecified atom stereocenters. The highest BCUT2D eigenvalue weighted by Crippen LogP contribution is 2.16. The van der Waals surface area contributed by atoms with Crippen LogP contribution in [-0.2, 0) is 0 Å². The largest absolute Gasteiger partial charge is 0.351 e. The summed E-state index contributed by atoms with van der Waals surface area (Å²) in [4.78, 5) is 27.3. The lowest BCUT2D eigenvalue weighted by molar-refractivity contribution is -0.384. The van der Waals surface area contributed by atoms with E-state index < -0.39 is 4.92 Å². The third-order valence-electron chi connectivity index (χ3n) is 3.58. The van der Waals surface area contributed by atoms with E-state index in [1.165, 1.54) is 12.3 Å². The minimum Gasteiger partial charge on any atom is -0.351 e. The third-order valence-corrected chi connectivity index (χ3v) is 3.58. The Kier molecular flexibility index (Phi) is 4.95. The molecule has 0 saturated carbocycles. The Labute approximate surface area is 123 Å². The number of carbonyl (C=O) groups excluding carboxylic acids is 1. The zero-order valence-electron chi connectivity index (χ0n) is 12.5. The van der Waals surface area contributed by atoms with E-state index >= 15 is 0 Å². The standard InChI is InChI=1S/C14H22N4O3/c1-10(2)8-17(9-11-4-3-5-15-11)14(19)13-6-12(7-16-13)18(20)21/h6-7,10-11,15-16H,3-5,8-9H2,1-2H3. The van der Waals surface area contributed by atoms with Gasteiger partial charge in [-0.2, -0.15) is 0 Å². The van der Waals surface area contributed by atoms with Gasteiger partial charge in [0.1, 0.15) is 5.69 Å². The van der Waals surface area contributed by atoms with Crippen molar-refractivity contribution in [2.24, 2.45) is 5.92 Å². The smallest absolute Gasteiger partial charge is 0.287 e. The van der Waals surface area contributed by atoms with Crippen molar-refractivity contribution in [3.05, 3.63) is 28.1 Å². The molecule has 1 saturated heterocycles. The Morgan fingerprint density at radius 2 is 2.33 bits per heavy atom. The molecular weight excluding hydrogens is 272 g/mol. The van der Waals surface area contributed by atoms with Crippen molar-refractivity contribution in [2.75, 3.05) is 19.6 Å². The van der Waals surface area contributed by atoms with Crippen molar-refractivity contribution in [2.45, 2.75) is 32.7 Å². The van der Waals surface area contributed by atoms with E-state index in [0.717, 1.165) is 19.4 Å². The van der Waals surface area contributed by atoms with Crippen molar-refractivity contribution in [3.63, 3.8) is 0 Å². The molecular formula is C14H22N4O3. The number of amides is 1. The molecule has 2 N–H and O–H groups in total. The van der Waals surface area contributed by atoms with Gasteiger partial charge in [0.25, 0.3) is 11.6 Å². The summed E-state index contributed by atoms with van der Waals surface area (Å²) in [6.07, 6.45) is 3.45. The zero-order chi connectivity index (χ0) is 15.4. The van der Waals surface area contributed by atoms with Gasteiger partial charge in [-0.1, -0.05) is 13.8 Å². The maximum Gasteiger partial charge on any atom is 0.287 e. The average molecular weight is 294 g/mol. The molecule has 0 spiro atoms. The molecule has 2 heterocycles. The Balaban J connectivity index is 2.09. The van der Waals surface area contributed by atoms with E-state index in [4.69, 9.17) is 0 Å². The van der Waals surface area contributed by atoms with Crippen molar-refractivity contribution in [1.82, 2.24) is 15.2 Å². The molecule has 0 radical (unpaired) electrons. The fraction of sp³-hybridized carbons (Fsp3) is 0.643. The minimum atomic E-state index is -0.501. The topological polar surface area (TPSA) is 91.3 Å². The molecule has 116 valence electrons. The number of aromatic nitrogens is 1. The van der Waals surface area contributed by atoms with Crippen LogP contribution in [0.25, 0.3) is 0 Å². The summed E-state index contributed by atoms with van der Waals surface area (Å²) in [7, 11) is 0. The molecule has 1 amide bonds. The molecule has 1 aromatic heterocycles. The first kappa shape index (κ1) is 15.5. The molecule has 0 aliphatic carbocycles. The molecule has 7 heteroatoms. The van der Waals surface area contributed by atoms with Gasteiger partial charge >= 0.3 is 0 Å². The fourth-order valence-electron chi connectivity index (χ4n) is 2.64. The zero-order valence-corrected chi connectivity index (χ0v) is 12.5. The van der Waals surface area contributed by atoms with Crippen molar-refractivity contribution < 1.29 is 9.72 Å². The first-order valence-corrected chi connectivity index (χ1v) is 7.33. The summed E-state index contributed by atoms with van der Waals surface area (Å²) in [5.74, 6) is 0.172. The van der Waals surface area contributed by atoms with Crippen molar-refractivity contribution >= 4 is 11.6 Å². The molecule has 1 atom stereocenters. The van der Waals surface area contributed by atoms with Crippen LogP contribution in [0.1, 0.15) is 37.2 Å². The maximum absolute atomic E-state index is 12.5. The SMILES string of the molecule is CC(C)CN(CC1CCCN1)C(=O)c1cc([N+](=O)[O-])c[nH]1. The summed E-state index contributed by atoms with van der Waals surface area (Å²) < 4.78 is 0. The summed E-state index contributed by atoms with van der Waals surface area (Å²) in [6.45, 7) is 6.38. The van der Waals surface area contributed by atoms with E-state index in [-0.39, 0.29) is 17.3 Å². The molecule has 0 bridgehead atoms. The molecule has 1 fully saturated rings. The van der Waals surface area contributed by atoms with Gasteiger partial charge in [-0.05, 0) is 25.3 Å². The first-order chi connectivity index (χ1) is 9.97. The lowest BCUT2D eigenvalue weighted by Crippen LogP contribution is -2.43. The number of nitrogens with one attached hydrogen (secondary N) is 2. The number of hydrogen-bond acceptors (Lipinski definition) is 4. The van der Waals surface area contributed by atoms with E-state index in [1.54, 1.807) is 4.90 Å². The maximum atomic E-state index is 12.5. The number of rotatable bonds is 6. The highest BCUT2D eigenvalue weighted by atomic mass is 16.6. The second-order valence-electron chi connectivity index (χ2n) is 5.93. The van der Waals surface area contributed by atoms with Crippen LogP contribution in [0.5, 0.6) is 0 Å². The van der Waals surface area contributed by atoms with Crippen LogP contribution in [-0.4, -0.2) is 46.4 Å². The Bertz CT molecular complexity index is 506. The predicted molar refractivity (Wildman–Crippen MR) is 79.2 cm³/mol. The minimum absolute atomic E-state index is 0.0816. The monoisotopic (exact) mass is 294 g/mol. The number of H-pyrrole nitrogens is 1. The lowest BCUT2D eigenvalue weighted by Gasteiger charge is -2.27. The average Bonchev–Trinajstić information content (AvgIpc) is 3.07. The Morgan fingerprint density at radius 3 is 2.86 bits per heavy atom. The normalized spacial score (nSPS) is 18.1. The Hall–Kier alpha value is -1.89. The van der Waals surface area contributed by atoms with E-state index in [1.807, 2.05) is 0 Å². The van der Waals surface area contributed by atoms with Crippen LogP contribution >= 0.6 is 0 Å². The van der Waals surface area contributed by atoms with E-state index in [9.17, 15) is 14.9 Å². The quantitative estimate of drug-likeness (QED) is 0.618. The first-order valence-electron chi connectivity index (χ1n) is 7.33. The van der Waals surface area contributed by atoms with Crippen LogP contribution in [0, 0.1) is 16.0 Å². The Morgan fingerprint density at radius 1 is 1.57 bits per heavy atom. The van der Waals surface area contributed by atoms with Gasteiger partial charge in [0.05, 0.1) is 11.1 Å². The summed E-state index contributed by atoms with van der Waals surface area (Å²) in [5.41, 5.74) is 0.196.